The highest BCUT2D eigenvalue weighted by Gasteiger charge is 2.15. The van der Waals surface area contributed by atoms with E-state index in [4.69, 9.17) is 26.9 Å². The number of halogens is 2. The van der Waals surface area contributed by atoms with Crippen molar-refractivity contribution in [1.29, 1.82) is 0 Å². The van der Waals surface area contributed by atoms with E-state index in [1.165, 1.54) is 23.5 Å². The summed E-state index contributed by atoms with van der Waals surface area (Å²) < 4.78 is 19.0. The molecule has 29 heavy (non-hydrogen) atoms. The van der Waals surface area contributed by atoms with E-state index in [2.05, 4.69) is 5.10 Å². The zero-order valence-electron chi connectivity index (χ0n) is 15.3. The van der Waals surface area contributed by atoms with Gasteiger partial charge in [0, 0.05) is 5.02 Å². The summed E-state index contributed by atoms with van der Waals surface area (Å²) in [6.45, 7) is 0.105. The second-order valence-electron chi connectivity index (χ2n) is 6.28. The Kier molecular flexibility index (Phi) is 5.46. The van der Waals surface area contributed by atoms with E-state index in [9.17, 15) is 4.39 Å². The minimum absolute atomic E-state index is 0.105. The molecular formula is C22H17ClFN3O2. The van der Waals surface area contributed by atoms with Gasteiger partial charge < -0.3 is 10.5 Å². The SMILES string of the molecule is NC1=C(Oc2ccc(-c3ccc(F)cc3)cc2)CON(c2ccc(Cl)cc2)N=C1. The number of anilines is 1. The predicted octanol–water partition coefficient (Wildman–Crippen LogP) is 5.13. The smallest absolute Gasteiger partial charge is 0.157 e. The van der Waals surface area contributed by atoms with Crippen LogP contribution in [0.1, 0.15) is 0 Å². The van der Waals surface area contributed by atoms with Crippen molar-refractivity contribution in [1.82, 2.24) is 0 Å². The second-order valence-corrected chi connectivity index (χ2v) is 6.72. The van der Waals surface area contributed by atoms with Crippen molar-refractivity contribution in [3.05, 3.63) is 95.1 Å². The fourth-order valence-corrected chi connectivity index (χ4v) is 2.85. The van der Waals surface area contributed by atoms with Crippen LogP contribution in [-0.2, 0) is 4.84 Å². The van der Waals surface area contributed by atoms with Crippen LogP contribution in [0.2, 0.25) is 5.02 Å². The predicted molar refractivity (Wildman–Crippen MR) is 112 cm³/mol. The molecule has 0 saturated heterocycles. The van der Waals surface area contributed by atoms with Crippen LogP contribution in [0.15, 0.2) is 89.4 Å². The van der Waals surface area contributed by atoms with Gasteiger partial charge in [-0.1, -0.05) is 35.9 Å². The average molecular weight is 410 g/mol. The lowest BCUT2D eigenvalue weighted by Gasteiger charge is -2.17. The molecule has 3 aromatic carbocycles. The van der Waals surface area contributed by atoms with Gasteiger partial charge in [0.1, 0.15) is 18.2 Å². The topological polar surface area (TPSA) is 60.1 Å². The van der Waals surface area contributed by atoms with Crippen LogP contribution in [0.5, 0.6) is 5.75 Å². The molecule has 0 unspecified atom stereocenters. The molecule has 5 nitrogen and oxygen atoms in total. The van der Waals surface area contributed by atoms with Crippen LogP contribution in [0.4, 0.5) is 10.1 Å². The number of hydrogen-bond acceptors (Lipinski definition) is 5. The molecular weight excluding hydrogens is 393 g/mol. The minimum atomic E-state index is -0.265. The number of nitrogens with zero attached hydrogens (tertiary/aromatic N) is 2. The van der Waals surface area contributed by atoms with Gasteiger partial charge in [0.25, 0.3) is 0 Å². The molecule has 1 aliphatic heterocycles. The van der Waals surface area contributed by atoms with Crippen molar-refractivity contribution >= 4 is 23.5 Å². The third-order valence-electron chi connectivity index (χ3n) is 4.26. The van der Waals surface area contributed by atoms with Gasteiger partial charge in [0.05, 0.1) is 17.6 Å². The molecule has 0 aliphatic carbocycles. The first-order chi connectivity index (χ1) is 14.1. The quantitative estimate of drug-likeness (QED) is 0.648. The van der Waals surface area contributed by atoms with E-state index < -0.39 is 0 Å². The Morgan fingerprint density at radius 1 is 0.931 bits per heavy atom. The molecule has 146 valence electrons. The fourth-order valence-electron chi connectivity index (χ4n) is 2.72. The largest absolute Gasteiger partial charge is 0.457 e. The molecule has 0 aromatic heterocycles. The van der Waals surface area contributed by atoms with Gasteiger partial charge >= 0.3 is 0 Å². The molecule has 0 spiro atoms. The molecule has 1 heterocycles. The lowest BCUT2D eigenvalue weighted by molar-refractivity contribution is 0.111. The van der Waals surface area contributed by atoms with Crippen LogP contribution in [0.25, 0.3) is 11.1 Å². The Bertz CT molecular complexity index is 1050. The monoisotopic (exact) mass is 409 g/mol. The first-order valence-corrected chi connectivity index (χ1v) is 9.21. The Labute approximate surface area is 172 Å². The molecule has 0 bridgehead atoms. The van der Waals surface area contributed by atoms with E-state index in [1.54, 1.807) is 36.4 Å². The van der Waals surface area contributed by atoms with E-state index in [0.717, 1.165) is 11.1 Å². The lowest BCUT2D eigenvalue weighted by Crippen LogP contribution is -2.18. The molecule has 0 fully saturated rings. The van der Waals surface area contributed by atoms with Crippen molar-refractivity contribution in [2.75, 3.05) is 11.8 Å². The van der Waals surface area contributed by atoms with E-state index in [0.29, 0.717) is 27.9 Å². The minimum Gasteiger partial charge on any atom is -0.457 e. The van der Waals surface area contributed by atoms with Crippen molar-refractivity contribution in [3.8, 4) is 16.9 Å². The summed E-state index contributed by atoms with van der Waals surface area (Å²) in [5.74, 6) is 0.782. The van der Waals surface area contributed by atoms with Gasteiger partial charge in [-0.15, -0.1) is 5.17 Å². The van der Waals surface area contributed by atoms with Crippen LogP contribution >= 0.6 is 11.6 Å². The Morgan fingerprint density at radius 2 is 1.55 bits per heavy atom. The summed E-state index contributed by atoms with van der Waals surface area (Å²) in [6.07, 6.45) is 1.48. The van der Waals surface area contributed by atoms with Gasteiger partial charge in [-0.3, -0.25) is 0 Å². The second kappa shape index (κ2) is 8.34. The zero-order valence-corrected chi connectivity index (χ0v) is 16.0. The molecule has 4 rings (SSSR count). The number of hydrazone groups is 1. The maximum absolute atomic E-state index is 13.1. The summed E-state index contributed by atoms with van der Waals surface area (Å²) in [4.78, 5) is 5.68. The molecule has 0 radical (unpaired) electrons. The molecule has 2 N–H and O–H groups in total. The number of rotatable bonds is 4. The van der Waals surface area contributed by atoms with Gasteiger partial charge in [0.2, 0.25) is 0 Å². The Hall–Kier alpha value is -3.35. The van der Waals surface area contributed by atoms with Crippen molar-refractivity contribution < 1.29 is 14.0 Å². The van der Waals surface area contributed by atoms with Crippen molar-refractivity contribution in [2.24, 2.45) is 10.8 Å². The average Bonchev–Trinajstić information content (AvgIpc) is 2.92. The first-order valence-electron chi connectivity index (χ1n) is 8.83. The third kappa shape index (κ3) is 4.56. The van der Waals surface area contributed by atoms with Gasteiger partial charge in [-0.25, -0.2) is 9.23 Å². The summed E-state index contributed by atoms with van der Waals surface area (Å²) >= 11 is 5.91. The summed E-state index contributed by atoms with van der Waals surface area (Å²) in [5.41, 5.74) is 9.01. The molecule has 7 heteroatoms. The van der Waals surface area contributed by atoms with E-state index in [-0.39, 0.29) is 12.4 Å². The lowest BCUT2D eigenvalue weighted by atomic mass is 10.1. The maximum atomic E-state index is 13.1. The highest BCUT2D eigenvalue weighted by molar-refractivity contribution is 6.30. The summed E-state index contributed by atoms with van der Waals surface area (Å²) in [6, 6.07) is 20.8. The maximum Gasteiger partial charge on any atom is 0.157 e. The van der Waals surface area contributed by atoms with Crippen molar-refractivity contribution in [3.63, 3.8) is 0 Å². The zero-order chi connectivity index (χ0) is 20.2. The highest BCUT2D eigenvalue weighted by Crippen LogP contribution is 2.25. The van der Waals surface area contributed by atoms with E-state index in [1.807, 2.05) is 24.3 Å². The van der Waals surface area contributed by atoms with Crippen molar-refractivity contribution in [2.45, 2.75) is 0 Å². The first kappa shape index (κ1) is 19.0. The highest BCUT2D eigenvalue weighted by atomic mass is 35.5. The number of hydrogen-bond donors (Lipinski definition) is 1. The molecule has 0 saturated carbocycles. The number of ether oxygens (including phenoxy) is 1. The molecule has 0 amide bonds. The van der Waals surface area contributed by atoms with Gasteiger partial charge in [0.15, 0.2) is 5.76 Å². The number of benzene rings is 3. The summed E-state index contributed by atoms with van der Waals surface area (Å²) in [5, 5.41) is 6.19. The molecule has 3 aromatic rings. The Balaban J connectivity index is 1.45. The standard InChI is InChI=1S/C22H17ClFN3O2/c23-17-5-9-19(10-6-17)27-26-13-21(25)22(14-28-27)29-20-11-3-16(4-12-20)15-1-7-18(24)8-2-15/h1-13H,14,25H2. The van der Waals surface area contributed by atoms with E-state index >= 15 is 0 Å². The number of allylic oxidation sites excluding steroid dienone is 1. The van der Waals surface area contributed by atoms with Crippen LogP contribution in [0, 0.1) is 5.82 Å². The number of nitrogens with two attached hydrogens (primary N) is 1. The summed E-state index contributed by atoms with van der Waals surface area (Å²) in [7, 11) is 0. The van der Waals surface area contributed by atoms with Gasteiger partial charge in [-0.2, -0.15) is 5.10 Å². The normalized spacial score (nSPS) is 14.1. The van der Waals surface area contributed by atoms with Gasteiger partial charge in [-0.05, 0) is 59.7 Å². The molecule has 0 atom stereocenters. The van der Waals surface area contributed by atoms with Crippen LogP contribution in [-0.4, -0.2) is 12.8 Å². The Morgan fingerprint density at radius 3 is 2.21 bits per heavy atom. The van der Waals surface area contributed by atoms with Crippen LogP contribution < -0.4 is 15.6 Å². The third-order valence-corrected chi connectivity index (χ3v) is 4.51. The van der Waals surface area contributed by atoms with Crippen LogP contribution in [0.3, 0.4) is 0 Å². The molecule has 1 aliphatic rings. The fraction of sp³-hybridized carbons (Fsp3) is 0.0455.